The number of nitrogens with zero attached hydrogens (tertiary/aromatic N) is 1. The van der Waals surface area contributed by atoms with Gasteiger partial charge >= 0.3 is 6.03 Å². The Balaban J connectivity index is 0.000000561. The van der Waals surface area contributed by atoms with Crippen LogP contribution in [-0.4, -0.2) is 23.5 Å². The molecule has 0 saturated carbocycles. The van der Waals surface area contributed by atoms with Gasteiger partial charge in [-0.15, -0.1) is 0 Å². The summed E-state index contributed by atoms with van der Waals surface area (Å²) in [4.78, 5) is 12.5. The molecule has 1 rings (SSSR count). The number of rotatable bonds is 0. The monoisotopic (exact) mass is 170 g/mol. The number of likely N-dealkylation sites (N-methyl/N-ethyl adjacent to an activating group) is 1. The maximum Gasteiger partial charge on any atom is 0.322 e. The van der Waals surface area contributed by atoms with E-state index in [4.69, 9.17) is 0 Å². The molecule has 0 aromatic carbocycles. The molecular formula is C9H18N2O. The minimum atomic E-state index is -0.272. The minimum absolute atomic E-state index is 0.0741. The molecule has 70 valence electrons. The second kappa shape index (κ2) is 3.61. The average Bonchev–Trinajstić information content (AvgIpc) is 2.19. The Labute approximate surface area is 74.4 Å². The zero-order valence-corrected chi connectivity index (χ0v) is 8.56. The highest BCUT2D eigenvalue weighted by atomic mass is 16.2. The van der Waals surface area contributed by atoms with Crippen molar-refractivity contribution in [2.45, 2.75) is 33.2 Å². The van der Waals surface area contributed by atoms with Crippen LogP contribution in [-0.2, 0) is 0 Å². The van der Waals surface area contributed by atoms with Gasteiger partial charge in [0.25, 0.3) is 0 Å². The van der Waals surface area contributed by atoms with E-state index in [1.54, 1.807) is 7.05 Å². The molecule has 1 heterocycles. The van der Waals surface area contributed by atoms with Crippen molar-refractivity contribution in [2.75, 3.05) is 7.05 Å². The fourth-order valence-electron chi connectivity index (χ4n) is 0.965. The van der Waals surface area contributed by atoms with E-state index in [-0.39, 0.29) is 11.6 Å². The molecule has 3 heteroatoms. The normalized spacial score (nSPS) is 19.9. The molecule has 2 amide bonds. The van der Waals surface area contributed by atoms with Gasteiger partial charge < -0.3 is 5.32 Å². The van der Waals surface area contributed by atoms with Gasteiger partial charge in [-0.05, 0) is 13.8 Å². The summed E-state index contributed by atoms with van der Waals surface area (Å²) in [5, 5.41) is 2.78. The molecule has 0 radical (unpaired) electrons. The first-order valence-electron chi connectivity index (χ1n) is 4.20. The molecule has 3 nitrogen and oxygen atoms in total. The maximum absolute atomic E-state index is 11.0. The predicted molar refractivity (Wildman–Crippen MR) is 50.9 cm³/mol. The Kier molecular flexibility index (Phi) is 3.31. The zero-order chi connectivity index (χ0) is 9.94. The lowest BCUT2D eigenvalue weighted by Crippen LogP contribution is -2.35. The van der Waals surface area contributed by atoms with Crippen molar-refractivity contribution in [3.05, 3.63) is 12.3 Å². The molecular weight excluding hydrogens is 152 g/mol. The molecule has 0 atom stereocenters. The van der Waals surface area contributed by atoms with Gasteiger partial charge in [0.1, 0.15) is 0 Å². The van der Waals surface area contributed by atoms with Crippen LogP contribution in [0.2, 0.25) is 0 Å². The fourth-order valence-corrected chi connectivity index (χ4v) is 0.965. The predicted octanol–water partition coefficient (Wildman–Crippen LogP) is 1.96. The van der Waals surface area contributed by atoms with Crippen LogP contribution in [0.1, 0.15) is 27.7 Å². The zero-order valence-electron chi connectivity index (χ0n) is 8.56. The lowest BCUT2D eigenvalue weighted by Gasteiger charge is -2.18. The number of urea groups is 1. The fraction of sp³-hybridized carbons (Fsp3) is 0.667. The largest absolute Gasteiger partial charge is 0.327 e. The van der Waals surface area contributed by atoms with Gasteiger partial charge in [-0.3, -0.25) is 4.90 Å². The van der Waals surface area contributed by atoms with Crippen LogP contribution >= 0.6 is 0 Å². The van der Waals surface area contributed by atoms with Crippen molar-refractivity contribution in [3.8, 4) is 0 Å². The van der Waals surface area contributed by atoms with Crippen molar-refractivity contribution in [1.29, 1.82) is 0 Å². The van der Waals surface area contributed by atoms with E-state index in [9.17, 15) is 4.79 Å². The van der Waals surface area contributed by atoms with E-state index in [0.717, 1.165) is 5.70 Å². The lowest BCUT2D eigenvalue weighted by atomic mass is 10.0. The van der Waals surface area contributed by atoms with Gasteiger partial charge in [0.2, 0.25) is 0 Å². The summed E-state index contributed by atoms with van der Waals surface area (Å²) in [6.07, 6.45) is 0. The number of hydrogen-bond acceptors (Lipinski definition) is 1. The molecule has 1 aliphatic heterocycles. The molecule has 1 saturated heterocycles. The minimum Gasteiger partial charge on any atom is -0.327 e. The smallest absolute Gasteiger partial charge is 0.322 e. The molecule has 1 N–H and O–H groups in total. The molecule has 0 aromatic rings. The summed E-state index contributed by atoms with van der Waals surface area (Å²) in [6, 6.07) is -0.0741. The standard InChI is InChI=1S/C7H12N2O.C2H6/c1-5-7(2,3)8-6(10)9(5)4;1-2/h1H2,2-4H3,(H,8,10);1-2H3. The van der Waals surface area contributed by atoms with E-state index < -0.39 is 0 Å². The van der Waals surface area contributed by atoms with Crippen LogP contribution in [0.3, 0.4) is 0 Å². The summed E-state index contributed by atoms with van der Waals surface area (Å²) < 4.78 is 0. The Hall–Kier alpha value is -0.990. The van der Waals surface area contributed by atoms with Crippen LogP contribution in [0.15, 0.2) is 12.3 Å². The molecule has 1 fully saturated rings. The van der Waals surface area contributed by atoms with E-state index >= 15 is 0 Å². The van der Waals surface area contributed by atoms with Gasteiger partial charge in [-0.2, -0.15) is 0 Å². The SMILES string of the molecule is C=C1N(C)C(=O)NC1(C)C.CC. The van der Waals surface area contributed by atoms with Crippen LogP contribution in [0.25, 0.3) is 0 Å². The topological polar surface area (TPSA) is 32.3 Å². The molecule has 0 spiro atoms. The number of carbonyl (C=O) groups is 1. The van der Waals surface area contributed by atoms with E-state index in [1.165, 1.54) is 4.90 Å². The second-order valence-corrected chi connectivity index (χ2v) is 3.06. The summed E-state index contributed by atoms with van der Waals surface area (Å²) in [7, 11) is 1.71. The highest BCUT2D eigenvalue weighted by Gasteiger charge is 2.36. The number of carbonyl (C=O) groups excluding carboxylic acids is 1. The first-order valence-corrected chi connectivity index (χ1v) is 4.20. The third-order valence-corrected chi connectivity index (χ3v) is 1.85. The third-order valence-electron chi connectivity index (χ3n) is 1.85. The highest BCUT2D eigenvalue weighted by Crippen LogP contribution is 2.23. The van der Waals surface area contributed by atoms with Crippen LogP contribution in [0.4, 0.5) is 4.79 Å². The van der Waals surface area contributed by atoms with E-state index in [1.807, 2.05) is 27.7 Å². The average molecular weight is 170 g/mol. The molecule has 12 heavy (non-hydrogen) atoms. The number of amides is 2. The van der Waals surface area contributed by atoms with Crippen molar-refractivity contribution in [1.82, 2.24) is 10.2 Å². The van der Waals surface area contributed by atoms with Gasteiger partial charge in [-0.1, -0.05) is 20.4 Å². The Morgan fingerprint density at radius 1 is 1.42 bits per heavy atom. The maximum atomic E-state index is 11.0. The quantitative estimate of drug-likeness (QED) is 0.592. The Morgan fingerprint density at radius 3 is 1.92 bits per heavy atom. The Morgan fingerprint density at radius 2 is 1.83 bits per heavy atom. The third kappa shape index (κ3) is 1.78. The Bertz CT molecular complexity index is 197. The summed E-state index contributed by atoms with van der Waals surface area (Å²) in [6.45, 7) is 11.6. The molecule has 0 aromatic heterocycles. The summed E-state index contributed by atoms with van der Waals surface area (Å²) >= 11 is 0. The van der Waals surface area contributed by atoms with E-state index in [2.05, 4.69) is 11.9 Å². The molecule has 0 aliphatic carbocycles. The molecule has 1 aliphatic rings. The second-order valence-electron chi connectivity index (χ2n) is 3.06. The summed E-state index contributed by atoms with van der Waals surface area (Å²) in [5.74, 6) is 0. The van der Waals surface area contributed by atoms with Crippen LogP contribution in [0, 0.1) is 0 Å². The number of hydrogen-bond donors (Lipinski definition) is 1. The molecule has 0 unspecified atom stereocenters. The molecule has 0 bridgehead atoms. The van der Waals surface area contributed by atoms with Gasteiger partial charge in [0, 0.05) is 12.7 Å². The van der Waals surface area contributed by atoms with E-state index in [0.29, 0.717) is 0 Å². The number of nitrogens with one attached hydrogen (secondary N) is 1. The van der Waals surface area contributed by atoms with Crippen molar-refractivity contribution in [2.24, 2.45) is 0 Å². The van der Waals surface area contributed by atoms with Crippen LogP contribution < -0.4 is 5.32 Å². The first kappa shape index (κ1) is 11.0. The van der Waals surface area contributed by atoms with Crippen molar-refractivity contribution >= 4 is 6.03 Å². The first-order chi connectivity index (χ1) is 5.45. The highest BCUT2D eigenvalue weighted by molar-refractivity contribution is 5.81. The summed E-state index contributed by atoms with van der Waals surface area (Å²) in [5.41, 5.74) is 0.545. The van der Waals surface area contributed by atoms with Gasteiger partial charge in [0.05, 0.1) is 5.54 Å². The van der Waals surface area contributed by atoms with Gasteiger partial charge in [-0.25, -0.2) is 4.79 Å². The van der Waals surface area contributed by atoms with Crippen molar-refractivity contribution < 1.29 is 4.79 Å². The van der Waals surface area contributed by atoms with Crippen molar-refractivity contribution in [3.63, 3.8) is 0 Å². The lowest BCUT2D eigenvalue weighted by molar-refractivity contribution is 0.229. The van der Waals surface area contributed by atoms with Crippen LogP contribution in [0.5, 0.6) is 0 Å². The van der Waals surface area contributed by atoms with Gasteiger partial charge in [0.15, 0.2) is 0 Å².